The summed E-state index contributed by atoms with van der Waals surface area (Å²) in [6.45, 7) is 9.99. The van der Waals surface area contributed by atoms with Crippen LogP contribution >= 0.6 is 15.9 Å². The molecule has 196 valence electrons. The maximum atomic E-state index is 12.1. The van der Waals surface area contributed by atoms with E-state index in [-0.39, 0.29) is 6.09 Å². The van der Waals surface area contributed by atoms with Gasteiger partial charge in [-0.05, 0) is 63.6 Å². The summed E-state index contributed by atoms with van der Waals surface area (Å²) in [5.41, 5.74) is 3.48. The number of benzene rings is 1. The second kappa shape index (κ2) is 10.1. The fourth-order valence-corrected chi connectivity index (χ4v) is 5.04. The van der Waals surface area contributed by atoms with Crippen molar-refractivity contribution >= 4 is 38.6 Å². The average molecular weight is 570 g/mol. The highest BCUT2D eigenvalue weighted by molar-refractivity contribution is 9.10. The Labute approximate surface area is 226 Å². The third kappa shape index (κ3) is 5.83. The summed E-state index contributed by atoms with van der Waals surface area (Å²) in [7, 11) is 1.69. The molecule has 3 aromatic rings. The maximum Gasteiger partial charge on any atom is 0.410 e. The summed E-state index contributed by atoms with van der Waals surface area (Å²) in [6.07, 6.45) is 2.48. The number of amides is 1. The molecule has 1 spiro atoms. The lowest BCUT2D eigenvalue weighted by atomic mass is 9.85. The van der Waals surface area contributed by atoms with Crippen LogP contribution in [0.3, 0.4) is 0 Å². The highest BCUT2D eigenvalue weighted by Crippen LogP contribution is 2.42. The van der Waals surface area contributed by atoms with E-state index in [0.717, 1.165) is 59.5 Å². The molecule has 0 bridgehead atoms. The van der Waals surface area contributed by atoms with E-state index in [0.29, 0.717) is 24.3 Å². The lowest BCUT2D eigenvalue weighted by Gasteiger charge is -2.38. The fraction of sp³-hybridized carbons (Fsp3) is 0.464. The maximum absolute atomic E-state index is 12.1. The van der Waals surface area contributed by atoms with E-state index >= 15 is 0 Å². The number of rotatable bonds is 6. The molecular weight excluding hydrogens is 536 g/mol. The molecule has 2 fully saturated rings. The molecule has 1 aromatic carbocycles. The first-order chi connectivity index (χ1) is 17.6. The molecule has 0 N–H and O–H groups in total. The van der Waals surface area contributed by atoms with Crippen molar-refractivity contribution in [3.8, 4) is 17.1 Å². The van der Waals surface area contributed by atoms with Crippen LogP contribution in [-0.4, -0.2) is 73.1 Å². The first kappa shape index (κ1) is 25.7. The molecule has 0 atom stereocenters. The fourth-order valence-electron chi connectivity index (χ4n) is 4.69. The van der Waals surface area contributed by atoms with Gasteiger partial charge in [0.15, 0.2) is 0 Å². The van der Waals surface area contributed by atoms with E-state index in [9.17, 15) is 4.79 Å². The predicted molar refractivity (Wildman–Crippen MR) is 147 cm³/mol. The quantitative estimate of drug-likeness (QED) is 0.386. The molecule has 0 unspecified atom stereocenters. The van der Waals surface area contributed by atoms with Crippen molar-refractivity contribution in [2.75, 3.05) is 51.4 Å². The normalized spacial score (nSPS) is 16.6. The van der Waals surface area contributed by atoms with Crippen LogP contribution in [-0.2, 0) is 9.47 Å². The van der Waals surface area contributed by atoms with Gasteiger partial charge in [-0.25, -0.2) is 9.78 Å². The zero-order chi connectivity index (χ0) is 26.2. The third-order valence-corrected chi connectivity index (χ3v) is 7.24. The van der Waals surface area contributed by atoms with E-state index in [4.69, 9.17) is 19.2 Å². The summed E-state index contributed by atoms with van der Waals surface area (Å²) in [5.74, 6) is 0.636. The first-order valence-electron chi connectivity index (χ1n) is 12.6. The van der Waals surface area contributed by atoms with Crippen LogP contribution in [0.5, 0.6) is 5.75 Å². The van der Waals surface area contributed by atoms with Crippen molar-refractivity contribution in [2.24, 2.45) is 5.41 Å². The van der Waals surface area contributed by atoms with E-state index < -0.39 is 5.60 Å². The number of carbonyl (C=O) groups excluding carboxylic acids is 1. The molecular formula is C28H33BrN4O4. The third-order valence-electron chi connectivity index (χ3n) is 6.74. The van der Waals surface area contributed by atoms with Crippen molar-refractivity contribution in [3.05, 3.63) is 47.1 Å². The van der Waals surface area contributed by atoms with Crippen LogP contribution in [0.25, 0.3) is 22.3 Å². The number of aromatic nitrogens is 2. The molecule has 9 heteroatoms. The molecule has 2 aliphatic rings. The largest absolute Gasteiger partial charge is 0.490 e. The molecule has 0 saturated carbocycles. The second-order valence-corrected chi connectivity index (χ2v) is 11.9. The van der Waals surface area contributed by atoms with E-state index in [1.54, 1.807) is 13.2 Å². The summed E-state index contributed by atoms with van der Waals surface area (Å²) >= 11 is 3.59. The van der Waals surface area contributed by atoms with Gasteiger partial charge < -0.3 is 24.0 Å². The molecule has 0 radical (unpaired) electrons. The number of ether oxygens (including phenoxy) is 3. The minimum absolute atomic E-state index is 0.292. The molecule has 2 aliphatic heterocycles. The van der Waals surface area contributed by atoms with Crippen molar-refractivity contribution in [1.29, 1.82) is 0 Å². The van der Waals surface area contributed by atoms with Gasteiger partial charge in [-0.1, -0.05) is 15.9 Å². The minimum atomic E-state index is -0.527. The summed E-state index contributed by atoms with van der Waals surface area (Å²) in [4.78, 5) is 25.6. The number of pyridine rings is 2. The minimum Gasteiger partial charge on any atom is -0.490 e. The number of halogens is 1. The lowest BCUT2D eigenvalue weighted by Crippen LogP contribution is -2.44. The number of hydrogen-bond donors (Lipinski definition) is 0. The van der Waals surface area contributed by atoms with Crippen LogP contribution in [0, 0.1) is 5.41 Å². The SMILES string of the molecule is CN(CCOc1ccc(-c2cc(N3CCC4(COC4)C3)c3ccc(Br)cc3n2)nc1)C(=O)OC(C)(C)C. The Balaban J connectivity index is 1.30. The van der Waals surface area contributed by atoms with Gasteiger partial charge >= 0.3 is 6.09 Å². The highest BCUT2D eigenvalue weighted by atomic mass is 79.9. The van der Waals surface area contributed by atoms with Gasteiger partial charge in [-0.3, -0.25) is 4.98 Å². The van der Waals surface area contributed by atoms with Crippen LogP contribution in [0.1, 0.15) is 27.2 Å². The molecule has 8 nitrogen and oxygen atoms in total. The molecule has 37 heavy (non-hydrogen) atoms. The van der Waals surface area contributed by atoms with Crippen molar-refractivity contribution in [3.63, 3.8) is 0 Å². The van der Waals surface area contributed by atoms with E-state index in [1.807, 2.05) is 32.9 Å². The van der Waals surface area contributed by atoms with Crippen molar-refractivity contribution in [1.82, 2.24) is 14.9 Å². The Kier molecular flexibility index (Phi) is 7.02. The molecule has 2 saturated heterocycles. The number of hydrogen-bond acceptors (Lipinski definition) is 7. The zero-order valence-electron chi connectivity index (χ0n) is 21.8. The molecule has 5 rings (SSSR count). The lowest BCUT2D eigenvalue weighted by molar-refractivity contribution is -0.0985. The number of anilines is 1. The Morgan fingerprint density at radius 1 is 1.19 bits per heavy atom. The summed E-state index contributed by atoms with van der Waals surface area (Å²) < 4.78 is 17.7. The monoisotopic (exact) mass is 568 g/mol. The molecule has 1 amide bonds. The summed E-state index contributed by atoms with van der Waals surface area (Å²) in [5, 5.41) is 1.14. The van der Waals surface area contributed by atoms with Crippen LogP contribution < -0.4 is 9.64 Å². The molecule has 4 heterocycles. The highest BCUT2D eigenvalue weighted by Gasteiger charge is 2.44. The Hall–Kier alpha value is -2.91. The Morgan fingerprint density at radius 3 is 2.65 bits per heavy atom. The number of likely N-dealkylation sites (N-methyl/N-ethyl adjacent to an activating group) is 1. The van der Waals surface area contributed by atoms with E-state index in [2.05, 4.69) is 50.1 Å². The van der Waals surface area contributed by atoms with Crippen LogP contribution in [0.2, 0.25) is 0 Å². The first-order valence-corrected chi connectivity index (χ1v) is 13.4. The molecule has 0 aliphatic carbocycles. The summed E-state index contributed by atoms with van der Waals surface area (Å²) in [6, 6.07) is 12.2. The Morgan fingerprint density at radius 2 is 2.00 bits per heavy atom. The van der Waals surface area contributed by atoms with Gasteiger partial charge in [-0.2, -0.15) is 0 Å². The van der Waals surface area contributed by atoms with Crippen LogP contribution in [0.15, 0.2) is 47.1 Å². The van der Waals surface area contributed by atoms with Gasteiger partial charge in [0, 0.05) is 41.1 Å². The number of fused-ring (bicyclic) bond motifs is 1. The van der Waals surface area contributed by atoms with Crippen LogP contribution in [0.4, 0.5) is 10.5 Å². The van der Waals surface area contributed by atoms with Gasteiger partial charge in [0.25, 0.3) is 0 Å². The number of nitrogens with zero attached hydrogens (tertiary/aromatic N) is 4. The van der Waals surface area contributed by atoms with E-state index in [1.165, 1.54) is 10.6 Å². The Bertz CT molecular complexity index is 1290. The smallest absolute Gasteiger partial charge is 0.410 e. The van der Waals surface area contributed by atoms with Gasteiger partial charge in [0.05, 0.1) is 42.9 Å². The van der Waals surface area contributed by atoms with Gasteiger partial charge in [0.2, 0.25) is 0 Å². The van der Waals surface area contributed by atoms with Crippen molar-refractivity contribution < 1.29 is 19.0 Å². The standard InChI is InChI=1S/C28H33BrN4O4/c1-27(2,3)37-26(34)32(4)11-12-36-20-6-8-22(30-15-20)24-14-25(21-7-5-19(29)13-23(21)31-24)33-10-9-28(16-33)17-35-18-28/h5-8,13-15H,9-12,16-18H2,1-4H3. The second-order valence-electron chi connectivity index (χ2n) is 11.0. The van der Waals surface area contributed by atoms with Crippen molar-refractivity contribution in [2.45, 2.75) is 32.8 Å². The topological polar surface area (TPSA) is 77.0 Å². The number of carbonyl (C=O) groups is 1. The molecule has 2 aromatic heterocycles. The van der Waals surface area contributed by atoms with Gasteiger partial charge in [0.1, 0.15) is 18.0 Å². The zero-order valence-corrected chi connectivity index (χ0v) is 23.4. The predicted octanol–water partition coefficient (Wildman–Crippen LogP) is 5.53. The average Bonchev–Trinajstić information content (AvgIpc) is 3.29. The van der Waals surface area contributed by atoms with Gasteiger partial charge in [-0.15, -0.1) is 0 Å².